The monoisotopic (exact) mass is 2020 g/mol. The first kappa shape index (κ1) is 99.7. The van der Waals surface area contributed by atoms with Crippen LogP contribution < -0.4 is 31.4 Å². The Kier molecular flexibility index (Phi) is 29.6. The zero-order valence-corrected chi connectivity index (χ0v) is 79.6. The fraction of sp³-hybridized carbons (Fsp3) is 0.258. The summed E-state index contributed by atoms with van der Waals surface area (Å²) in [6.07, 6.45) is 8.45. The van der Waals surface area contributed by atoms with Gasteiger partial charge in [-0.1, -0.05) is 166 Å². The number of piperazine rings is 3. The number of phenolic OH excluding ortho intramolecular Hbond substituents is 3. The van der Waals surface area contributed by atoms with Crippen LogP contribution in [0.15, 0.2) is 107 Å². The van der Waals surface area contributed by atoms with E-state index < -0.39 is 116 Å². The summed E-state index contributed by atoms with van der Waals surface area (Å²) in [5, 5.41) is 57.9. The van der Waals surface area contributed by atoms with Gasteiger partial charge >= 0.3 is 0 Å². The van der Waals surface area contributed by atoms with E-state index in [9.17, 15) is 86.2 Å². The molecule has 3 aromatic carbocycles. The van der Waals surface area contributed by atoms with Crippen LogP contribution in [0.5, 0.6) is 17.2 Å². The van der Waals surface area contributed by atoms with E-state index in [0.29, 0.717) is 50.8 Å². The van der Waals surface area contributed by atoms with Gasteiger partial charge in [0.15, 0.2) is 34.7 Å². The lowest BCUT2D eigenvalue weighted by atomic mass is 10.0. The predicted molar refractivity (Wildman–Crippen MR) is 509 cm³/mol. The average molecular weight is 2020 g/mol. The third-order valence-corrected chi connectivity index (χ3v) is 26.1. The first-order valence-corrected chi connectivity index (χ1v) is 44.5. The molecule has 0 radical (unpaired) electrons. The maximum atomic E-state index is 14.7. The molecule has 0 unspecified atom stereocenters. The number of hydrogen-bond donors (Lipinski definition) is 3. The van der Waals surface area contributed by atoms with Crippen LogP contribution >= 0.6 is 104 Å². The van der Waals surface area contributed by atoms with Crippen LogP contribution in [0, 0.1) is 89.7 Å². The number of aromatic nitrogens is 9. The number of aryl methyl sites for hydroxylation is 3. The summed E-state index contributed by atoms with van der Waals surface area (Å²) in [5.74, 6) is -14.5. The third kappa shape index (κ3) is 17.8. The van der Waals surface area contributed by atoms with E-state index in [0.717, 1.165) is 0 Å². The summed E-state index contributed by atoms with van der Waals surface area (Å²) in [4.78, 5) is 117. The number of anilines is 3. The molecule has 3 aliphatic rings. The van der Waals surface area contributed by atoms with E-state index in [1.807, 2.05) is 41.5 Å². The minimum Gasteiger partial charge on any atom is -0.504 e. The molecule has 0 spiro atoms. The van der Waals surface area contributed by atoms with E-state index in [4.69, 9.17) is 104 Å². The van der Waals surface area contributed by atoms with Crippen molar-refractivity contribution in [3.05, 3.63) is 255 Å². The quantitative estimate of drug-likeness (QED) is 0.0371. The van der Waals surface area contributed by atoms with E-state index in [2.05, 4.69) is 67.8 Å². The van der Waals surface area contributed by atoms with Gasteiger partial charge in [-0.2, -0.15) is 29.0 Å². The van der Waals surface area contributed by atoms with E-state index in [1.54, 1.807) is 87.0 Å². The van der Waals surface area contributed by atoms with Crippen LogP contribution in [-0.2, 0) is 14.4 Å². The zero-order chi connectivity index (χ0) is 98.7. The minimum absolute atomic E-state index is 0.00708. The number of nitrogens with zero attached hydrogens (tertiary/aromatic N) is 18. The van der Waals surface area contributed by atoms with Gasteiger partial charge in [-0.05, 0) is 110 Å². The SMILES string of the molecule is C=CC(=O)N1CCN(c2c(C#N)c(=O)n(-c3c(C)ccnc3C(C)C)c3nc(-c4c(Cl)c(O)c(F)c(F)c4Cl)c(Cl)cc23)CC1.C=CC(=O)N1CCN(c2c(C#N)c(=O)n(-c3c(C)ccnc3C(C)C)c3nc(-c4c(Cl)c(O)c(F)c(F)c4Cl)c(Cl)cc23)CC1.C=CC(=O)N1CCN(c2c(C#N)c(=O)n(-c3c(C)ccnc3C(C)C)c3nc(-c4c(Cl)c(O)c(F)c(F)c4Cl)c(Cl)cc23)CC1. The Bertz CT molecular complexity index is 6650. The van der Waals surface area contributed by atoms with Crippen LogP contribution in [-0.4, -0.2) is 170 Å². The van der Waals surface area contributed by atoms with Crippen LogP contribution in [0.3, 0.4) is 0 Å². The Morgan fingerprint density at radius 3 is 0.800 bits per heavy atom. The van der Waals surface area contributed by atoms with Gasteiger partial charge in [0.05, 0.1) is 113 Å². The third-order valence-electron chi connectivity index (χ3n) is 23.0. The molecule has 15 rings (SSSR count). The van der Waals surface area contributed by atoms with Crippen molar-refractivity contribution in [2.45, 2.75) is 80.1 Å². The molecule has 3 fully saturated rings. The van der Waals surface area contributed by atoms with Gasteiger partial charge < -0.3 is 44.7 Å². The van der Waals surface area contributed by atoms with Gasteiger partial charge in [-0.15, -0.1) is 0 Å². The number of nitriles is 3. The Labute approximate surface area is 810 Å². The van der Waals surface area contributed by atoms with Crippen LogP contribution in [0.1, 0.15) is 110 Å². The number of amides is 3. The average Bonchev–Trinajstić information content (AvgIpc) is 0.728. The molecule has 135 heavy (non-hydrogen) atoms. The second-order valence-corrected chi connectivity index (χ2v) is 35.5. The van der Waals surface area contributed by atoms with Crippen molar-refractivity contribution in [1.82, 2.24) is 58.3 Å². The summed E-state index contributed by atoms with van der Waals surface area (Å²) in [6, 6.07) is 15.5. The van der Waals surface area contributed by atoms with E-state index in [-0.39, 0.29) is 213 Å². The molecule has 9 aromatic heterocycles. The number of benzene rings is 3. The first-order chi connectivity index (χ1) is 64.0. The van der Waals surface area contributed by atoms with Crippen molar-refractivity contribution in [2.75, 3.05) is 93.2 Å². The molecular formula is C93H75Cl9F6N18O9. The maximum absolute atomic E-state index is 14.7. The number of phenols is 3. The molecule has 0 bridgehead atoms. The molecule has 3 saturated heterocycles. The maximum Gasteiger partial charge on any atom is 0.276 e. The minimum atomic E-state index is -1.65. The summed E-state index contributed by atoms with van der Waals surface area (Å²) >= 11 is 57.5. The molecule has 696 valence electrons. The molecule has 12 heterocycles. The van der Waals surface area contributed by atoms with E-state index >= 15 is 0 Å². The molecule has 12 aromatic rings. The number of rotatable bonds is 15. The highest BCUT2D eigenvalue weighted by Gasteiger charge is 2.38. The van der Waals surface area contributed by atoms with Crippen LogP contribution in [0.2, 0.25) is 45.2 Å². The highest BCUT2D eigenvalue weighted by molar-refractivity contribution is 6.44. The second kappa shape index (κ2) is 40.1. The van der Waals surface area contributed by atoms with Gasteiger partial charge in [0.2, 0.25) is 35.2 Å². The molecule has 3 amide bonds. The molecule has 0 aliphatic carbocycles. The lowest BCUT2D eigenvalue weighted by molar-refractivity contribution is -0.127. The number of carbonyl (C=O) groups excluding carboxylic acids is 3. The number of pyridine rings is 9. The molecule has 27 nitrogen and oxygen atoms in total. The molecule has 42 heteroatoms. The van der Waals surface area contributed by atoms with Gasteiger partial charge in [-0.25, -0.2) is 28.1 Å². The number of halogens is 15. The number of hydrogen-bond acceptors (Lipinski definition) is 21. The summed E-state index contributed by atoms with van der Waals surface area (Å²) in [5.41, 5.74) is 0.685. The van der Waals surface area contributed by atoms with Crippen LogP contribution in [0.4, 0.5) is 43.4 Å². The molecule has 3 N–H and O–H groups in total. The largest absolute Gasteiger partial charge is 0.504 e. The highest BCUT2D eigenvalue weighted by atomic mass is 35.5. The molecule has 0 atom stereocenters. The normalized spacial score (nSPS) is 13.4. The van der Waals surface area contributed by atoms with Crippen molar-refractivity contribution in [3.8, 4) is 86.3 Å². The number of aromatic hydroxyl groups is 3. The first-order valence-electron chi connectivity index (χ1n) is 41.1. The zero-order valence-electron chi connectivity index (χ0n) is 72.8. The van der Waals surface area contributed by atoms with Crippen molar-refractivity contribution in [1.29, 1.82) is 15.8 Å². The summed E-state index contributed by atoms with van der Waals surface area (Å²) < 4.78 is 90.8. The lowest BCUT2D eigenvalue weighted by Gasteiger charge is -2.36. The summed E-state index contributed by atoms with van der Waals surface area (Å²) in [7, 11) is 0. The lowest BCUT2D eigenvalue weighted by Crippen LogP contribution is -2.49. The van der Waals surface area contributed by atoms with Crippen molar-refractivity contribution >= 4 is 172 Å². The van der Waals surface area contributed by atoms with Gasteiger partial charge in [-0.3, -0.25) is 57.4 Å². The van der Waals surface area contributed by atoms with Crippen LogP contribution in [0.25, 0.3) is 83.9 Å². The number of fused-ring (bicyclic) bond motifs is 3. The Hall–Kier alpha value is -12.7. The van der Waals surface area contributed by atoms with Crippen molar-refractivity contribution in [2.24, 2.45) is 0 Å². The summed E-state index contributed by atoms with van der Waals surface area (Å²) in [6.45, 7) is 30.6. The topological polar surface area (TPSA) is 346 Å². The second-order valence-electron chi connectivity index (χ2n) is 32.0. The standard InChI is InChI=1S/3C31H25Cl3F2N6O3/c3*1-5-19(43)40-8-10-41(11-9-40)28-16-12-18(32)26(20-21(33)23(35)24(36)29(44)22(20)34)39-30(16)42(31(45)17(28)13-37)27-15(4)6-7-38-25(27)14(2)3/h3*5-7,12,14,44H,1,8-11H2,2-4H3. The number of carbonyl (C=O) groups is 3. The highest BCUT2D eigenvalue weighted by Crippen LogP contribution is 2.52. The van der Waals surface area contributed by atoms with Crippen molar-refractivity contribution < 1.29 is 56.0 Å². The fourth-order valence-electron chi connectivity index (χ4n) is 16.4. The van der Waals surface area contributed by atoms with Gasteiger partial charge in [0.1, 0.15) is 51.8 Å². The predicted octanol–water partition coefficient (Wildman–Crippen LogP) is 19.6. The van der Waals surface area contributed by atoms with Gasteiger partial charge in [0, 0.05) is 130 Å². The fourth-order valence-corrected chi connectivity index (χ4v) is 18.9. The Morgan fingerprint density at radius 1 is 0.378 bits per heavy atom. The molecular weight excluding hydrogens is 1950 g/mol. The van der Waals surface area contributed by atoms with Crippen molar-refractivity contribution in [3.63, 3.8) is 0 Å². The Morgan fingerprint density at radius 2 is 0.600 bits per heavy atom. The molecule has 0 saturated carbocycles. The van der Waals surface area contributed by atoms with Gasteiger partial charge in [0.25, 0.3) is 16.7 Å². The Balaban J connectivity index is 0.000000171. The smallest absolute Gasteiger partial charge is 0.276 e. The molecule has 3 aliphatic heterocycles. The van der Waals surface area contributed by atoms with E-state index in [1.165, 1.54) is 50.1 Å².